The van der Waals surface area contributed by atoms with Gasteiger partial charge in [0.2, 0.25) is 23.4 Å². The van der Waals surface area contributed by atoms with Crippen molar-refractivity contribution in [1.82, 2.24) is 35.7 Å². The number of aliphatic hydroxyl groups excluding tert-OH is 1. The van der Waals surface area contributed by atoms with Crippen molar-refractivity contribution in [3.05, 3.63) is 116 Å². The van der Waals surface area contributed by atoms with Crippen LogP contribution >= 0.6 is 23.2 Å². The lowest BCUT2D eigenvalue weighted by molar-refractivity contribution is -0.200. The first kappa shape index (κ1) is 95.0. The molecule has 15 aliphatic rings. The molecule has 37 nitrogen and oxygen atoms in total. The number of aromatic hydroxyl groups is 1. The summed E-state index contributed by atoms with van der Waals surface area (Å²) in [6.45, 7) is 22.3. The van der Waals surface area contributed by atoms with Gasteiger partial charge in [-0.2, -0.15) is 0 Å². The highest BCUT2D eigenvalue weighted by Crippen LogP contribution is 2.68. The van der Waals surface area contributed by atoms with Gasteiger partial charge in [0.15, 0.2) is 48.1 Å². The summed E-state index contributed by atoms with van der Waals surface area (Å²) in [5, 5.41) is 73.2. The maximum absolute atomic E-state index is 13.1. The molecule has 0 saturated carbocycles. The van der Waals surface area contributed by atoms with Gasteiger partial charge in [-0.05, 0) is 187 Å². The number of ether oxygens (including phenoxy) is 11. The summed E-state index contributed by atoms with van der Waals surface area (Å²) in [6.07, 6.45) is 1.93. The van der Waals surface area contributed by atoms with E-state index >= 15 is 0 Å². The normalized spacial score (nSPS) is 31.4. The van der Waals surface area contributed by atoms with Gasteiger partial charge in [-0.3, -0.25) is 19.2 Å². The largest absolute Gasteiger partial charge is 0.504 e. The molecule has 18 rings (SSSR count). The van der Waals surface area contributed by atoms with E-state index in [1.54, 1.807) is 65.8 Å². The van der Waals surface area contributed by atoms with Crippen molar-refractivity contribution in [3.63, 3.8) is 0 Å². The van der Waals surface area contributed by atoms with Crippen LogP contribution in [0.25, 0.3) is 0 Å². The monoisotopic (exact) mass is 1840 g/mol. The van der Waals surface area contributed by atoms with Gasteiger partial charge in [0.1, 0.15) is 52.5 Å². The highest BCUT2D eigenvalue weighted by molar-refractivity contribution is 6.40. The molecule has 0 radical (unpaired) electrons. The van der Waals surface area contributed by atoms with Crippen molar-refractivity contribution < 1.29 is 145 Å². The Morgan fingerprint density at radius 2 is 0.899 bits per heavy atom. The number of halogens is 2. The number of nitrogens with zero attached hydrogens (tertiary/aromatic N) is 4. The first-order valence-corrected chi connectivity index (χ1v) is 44.1. The summed E-state index contributed by atoms with van der Waals surface area (Å²) in [5.41, 5.74) is 1.96. The van der Waals surface area contributed by atoms with E-state index in [0.29, 0.717) is 67.4 Å². The lowest BCUT2D eigenvalue weighted by atomic mass is 9.50. The zero-order valence-corrected chi connectivity index (χ0v) is 75.9. The smallest absolute Gasteiger partial charge is 0.408 e. The second kappa shape index (κ2) is 34.9. The lowest BCUT2D eigenvalue weighted by Gasteiger charge is -2.61. The minimum absolute atomic E-state index is 0.0150. The molecule has 129 heavy (non-hydrogen) atoms. The van der Waals surface area contributed by atoms with Gasteiger partial charge in [-0.1, -0.05) is 30.3 Å². The number of phenols is 1. The number of aliphatic hydroxyl groups is 4. The van der Waals surface area contributed by atoms with E-state index in [9.17, 15) is 83.1 Å². The third-order valence-corrected chi connectivity index (χ3v) is 27.4. The minimum atomic E-state index is -1.88. The predicted octanol–water partition coefficient (Wildman–Crippen LogP) is 4.75. The molecule has 9 heterocycles. The first-order valence-electron chi connectivity index (χ1n) is 43.1. The van der Waals surface area contributed by atoms with E-state index in [0.717, 1.165) is 70.8 Å². The number of esters is 5. The van der Waals surface area contributed by atoms with E-state index in [2.05, 4.69) is 60.7 Å². The third-order valence-electron chi connectivity index (χ3n) is 27.4. The van der Waals surface area contributed by atoms with Gasteiger partial charge in [-0.15, -0.1) is 28.3 Å². The van der Waals surface area contributed by atoms with Crippen LogP contribution in [-0.4, -0.2) is 275 Å². The quantitative estimate of drug-likeness (QED) is 0.0381. The van der Waals surface area contributed by atoms with Gasteiger partial charge in [-0.25, -0.2) is 38.4 Å². The van der Waals surface area contributed by atoms with Gasteiger partial charge < -0.3 is 118 Å². The Morgan fingerprint density at radius 3 is 1.27 bits per heavy atom. The molecule has 6 saturated heterocycles. The number of cyclic esters (lactones) is 2. The number of alkyl carbamates (subject to hydrolysis) is 1. The van der Waals surface area contributed by atoms with Crippen LogP contribution in [0.4, 0.5) is 4.79 Å². The van der Waals surface area contributed by atoms with Crippen LogP contribution in [0.3, 0.4) is 0 Å². The number of hydrogen-bond donors (Lipinski definition) is 9. The molecule has 6 aliphatic carbocycles. The number of hydrogen-bond acceptors (Lipinski definition) is 32. The Bertz CT molecular complexity index is 5210. The molecule has 6 fully saturated rings. The number of nitrogens with one attached hydrogen (secondary N) is 3. The van der Waals surface area contributed by atoms with Crippen molar-refractivity contribution in [1.29, 1.82) is 0 Å². The molecule has 3 aromatic rings. The molecular formula is C90H111Cl2N7O30. The van der Waals surface area contributed by atoms with E-state index in [-0.39, 0.29) is 60.7 Å². The highest BCUT2D eigenvalue weighted by atomic mass is 35.5. The van der Waals surface area contributed by atoms with Crippen molar-refractivity contribution in [2.75, 3.05) is 46.1 Å². The summed E-state index contributed by atoms with van der Waals surface area (Å²) in [4.78, 5) is 155. The molecule has 3 aromatic carbocycles. The second-order valence-corrected chi connectivity index (χ2v) is 38.4. The maximum atomic E-state index is 13.1. The van der Waals surface area contributed by atoms with Crippen LogP contribution in [0.2, 0.25) is 0 Å². The number of carboxylic acids is 1. The Balaban J connectivity index is 0.000000141. The Morgan fingerprint density at radius 1 is 0.543 bits per heavy atom. The van der Waals surface area contributed by atoms with Crippen molar-refractivity contribution >= 4 is 94.7 Å². The number of piperidine rings is 3. The number of alkyl halides is 2. The van der Waals surface area contributed by atoms with E-state index in [4.69, 9.17) is 80.4 Å². The topological polar surface area (TPSA) is 486 Å². The molecule has 700 valence electrons. The molecule has 39 heteroatoms. The number of rotatable bonds is 17. The predicted molar refractivity (Wildman–Crippen MR) is 450 cm³/mol. The Hall–Kier alpha value is -10.1. The van der Waals surface area contributed by atoms with Gasteiger partial charge in [0.05, 0.1) is 57.6 Å². The number of aryl methyl sites for hydroxylation is 2. The van der Waals surface area contributed by atoms with Crippen LogP contribution in [0.5, 0.6) is 23.0 Å². The van der Waals surface area contributed by atoms with Crippen molar-refractivity contribution in [2.45, 2.75) is 296 Å². The average Bonchev–Trinajstić information content (AvgIpc) is 1.52. The molecule has 6 bridgehead atoms. The summed E-state index contributed by atoms with van der Waals surface area (Å²) >= 11 is 9.53. The number of phenolic OH excluding ortho intramolecular Hbond substituents is 1. The fourth-order valence-corrected chi connectivity index (χ4v) is 21.6. The van der Waals surface area contributed by atoms with Crippen LogP contribution in [0.15, 0.2) is 71.9 Å². The average molecular weight is 1840 g/mol. The van der Waals surface area contributed by atoms with Crippen LogP contribution in [-0.2, 0) is 131 Å². The molecule has 0 aromatic heterocycles. The number of benzene rings is 3. The number of likely N-dealkylation sites (tertiary alicyclic amines) is 3. The maximum Gasteiger partial charge on any atom is 0.408 e. The van der Waals surface area contributed by atoms with Crippen LogP contribution in [0.1, 0.15) is 184 Å². The SMILES string of the molecule is CC1(C)OC(=O)[C@H](CC(=O)ON2C(=O)CCC2=O)O1.C[C@H](NC(=O)C[C@H](O)C(=O)O)C(=O)OC1=CC[C@@]2(O)[C@H]3Cc4ccc(O)c5c4[C@@]2(CCN3C)[C@H]1O5.Cc1ccc2c3c1O[C@H]1C(OC(=O)[C@H](C)NC(=O)C[C@@H]4OC(C)(C)OC4=O)=CC[C@@]4(O)[C@@H](C2)N(C)CC[C@]314.Cc1ccc2c3c1O[C@H]1C(OC(=O)[C@H](C)NC(=O)OC(C)(C)C)=CC[C@@]4(O)[C@@H](C2)N(C)CC[C@]314.ClCCl. The summed E-state index contributed by atoms with van der Waals surface area (Å²) < 4.78 is 62.5. The van der Waals surface area contributed by atoms with Crippen molar-refractivity contribution in [3.8, 4) is 23.0 Å². The molecule has 9 N–H and O–H groups in total. The number of likely N-dealkylation sites (N-methyl/N-ethyl adjacent to an activating group) is 3. The van der Waals surface area contributed by atoms with Gasteiger partial charge in [0, 0.05) is 94.6 Å². The van der Waals surface area contributed by atoms with E-state index in [1.165, 1.54) is 38.8 Å². The van der Waals surface area contributed by atoms with Gasteiger partial charge >= 0.3 is 47.9 Å². The number of hydroxylamine groups is 2. The summed E-state index contributed by atoms with van der Waals surface area (Å²) in [5.74, 6) is -7.72. The second-order valence-electron chi connectivity index (χ2n) is 37.6. The van der Waals surface area contributed by atoms with Crippen LogP contribution in [0, 0.1) is 13.8 Å². The molecular weight excluding hydrogens is 1730 g/mol. The zero-order chi connectivity index (χ0) is 94.0. The first-order chi connectivity index (χ1) is 60.4. The zero-order valence-electron chi connectivity index (χ0n) is 74.4. The number of imide groups is 1. The lowest BCUT2D eigenvalue weighted by Crippen LogP contribution is -2.74. The molecule has 9 aliphatic heterocycles. The van der Waals surface area contributed by atoms with Gasteiger partial charge in [0.25, 0.3) is 11.8 Å². The fourth-order valence-electron chi connectivity index (χ4n) is 21.6. The highest BCUT2D eigenvalue weighted by Gasteiger charge is 2.75. The third kappa shape index (κ3) is 16.7. The Kier molecular flexibility index (Phi) is 25.7. The minimum Gasteiger partial charge on any atom is -0.504 e. The van der Waals surface area contributed by atoms with E-state index in [1.807, 2.05) is 40.1 Å². The number of carbonyl (C=O) groups is 12. The van der Waals surface area contributed by atoms with Crippen LogP contribution < -0.4 is 30.2 Å². The molecule has 0 unspecified atom stereocenters. The van der Waals surface area contributed by atoms with Crippen molar-refractivity contribution in [2.24, 2.45) is 0 Å². The molecule has 18 atom stereocenters. The van der Waals surface area contributed by atoms with E-state index < -0.39 is 189 Å². The summed E-state index contributed by atoms with van der Waals surface area (Å²) in [7, 11) is 6.07. The summed E-state index contributed by atoms with van der Waals surface area (Å²) in [6, 6.07) is 8.46. The Labute approximate surface area is 753 Å². The number of amides is 5. The molecule has 3 spiro atoms. The number of carboxylic acid groups (broad SMARTS) is 1. The fraction of sp³-hybridized carbons (Fsp3) is 0.600. The standard InChI is InChI=1S/C28H34N2O8.C26H34N2O6.C24H28N2O9.C11H13NO7.CH2Cl2/c1-14-6-7-16-12-19-28(34)9-8-17(23-27(28,10-11-30(19)5)21(16)22(14)36-23)35-24(32)15(2)29-20(31)13-18-25(33)38-26(3,4)37-18;1-14-7-8-16-13-18-26(31)10-9-17(32-22(29)15(2)27-23(30)34-24(3,4)5)21-25(26,11-12-28(18)6)19(16)20(14)33-21;1-11(25-17(29)10-14(28)21(30)31)22(32)34-15-5-6-24(33)16-9-12-3-4-13(27)19-18(12)23(24,20(15)35-19)7-8-26(16)2;1-11(2)17-6(10(16)18-11)5-9(15)19-12-7(13)3-4-8(12)14;2-1-3/h6-8,15,18-19,23,34H,9-13H2,1-5H3,(H,29,31);7-9,15,18,21,31H,10-13H2,1-6H3,(H,27,30);3-5,11,14,16,20,27-28,33H,6-10H2,1-2H3,(H,25,29)(H,30,31);6H,3-5H2,1-2H3;1H2/t15-,18-,19+,23-,27-,28+;15-,18+,21-,25-,26+;11-,14-,16+,20-,23-,24+;6-;/m0000./s1. The number of carbonyl (C=O) groups excluding carboxylic acids is 11. The molecule has 5 amide bonds. The number of aliphatic carboxylic acids is 1.